The zero-order chi connectivity index (χ0) is 14.6. The first-order valence-corrected chi connectivity index (χ1v) is 6.95. The van der Waals surface area contributed by atoms with Gasteiger partial charge in [-0.25, -0.2) is 0 Å². The molecule has 1 aromatic heterocycles. The molecule has 0 saturated carbocycles. The molecule has 0 aliphatic carbocycles. The molecule has 0 aliphatic heterocycles. The second-order valence-corrected chi connectivity index (χ2v) is 4.83. The van der Waals surface area contributed by atoms with E-state index in [1.807, 2.05) is 10.9 Å². The second kappa shape index (κ2) is 10.7. The molecule has 1 aromatic rings. The Morgan fingerprint density at radius 3 is 2.40 bits per heavy atom. The van der Waals surface area contributed by atoms with Gasteiger partial charge in [0.1, 0.15) is 5.69 Å². The van der Waals surface area contributed by atoms with Crippen LogP contribution in [0.5, 0.6) is 0 Å². The van der Waals surface area contributed by atoms with Crippen LogP contribution in [0.1, 0.15) is 19.5 Å². The lowest BCUT2D eigenvalue weighted by Gasteiger charge is -2.05. The zero-order valence-corrected chi connectivity index (χ0v) is 12.3. The van der Waals surface area contributed by atoms with Gasteiger partial charge in [0, 0.05) is 6.54 Å². The minimum atomic E-state index is 0.0423. The van der Waals surface area contributed by atoms with Crippen molar-refractivity contribution in [3.05, 3.63) is 11.9 Å². The maximum atomic E-state index is 8.50. The monoisotopic (exact) mass is 287 g/mol. The molecule has 7 heteroatoms. The minimum Gasteiger partial charge on any atom is -0.394 e. The minimum absolute atomic E-state index is 0.0423. The van der Waals surface area contributed by atoms with E-state index in [-0.39, 0.29) is 6.61 Å². The van der Waals surface area contributed by atoms with Crippen molar-refractivity contribution in [2.45, 2.75) is 27.0 Å². The van der Waals surface area contributed by atoms with Crippen molar-refractivity contribution in [3.63, 3.8) is 0 Å². The summed E-state index contributed by atoms with van der Waals surface area (Å²) >= 11 is 0. The summed E-state index contributed by atoms with van der Waals surface area (Å²) < 4.78 is 17.6. The number of aliphatic hydroxyl groups excluding tert-OH is 1. The zero-order valence-electron chi connectivity index (χ0n) is 12.3. The normalized spacial score (nSPS) is 11.4. The molecule has 0 saturated heterocycles. The molecule has 1 heterocycles. The predicted octanol–water partition coefficient (Wildman–Crippen LogP) is 0.476. The van der Waals surface area contributed by atoms with E-state index in [4.69, 9.17) is 19.3 Å². The standard InChI is InChI=1S/C13H25N3O4/c1-12(2)9-16-10-13(14-15-16)11-20-8-7-19-6-5-18-4-3-17/h10,12,17H,3-9,11H2,1-2H3. The Hall–Kier alpha value is -1.02. The van der Waals surface area contributed by atoms with E-state index >= 15 is 0 Å². The molecule has 0 amide bonds. The van der Waals surface area contributed by atoms with Crippen molar-refractivity contribution in [2.24, 2.45) is 5.92 Å². The average Bonchev–Trinajstić information content (AvgIpc) is 2.83. The summed E-state index contributed by atoms with van der Waals surface area (Å²) in [6.45, 7) is 8.01. The van der Waals surface area contributed by atoms with E-state index in [1.165, 1.54) is 0 Å². The van der Waals surface area contributed by atoms with Gasteiger partial charge in [0.15, 0.2) is 0 Å². The molecular weight excluding hydrogens is 262 g/mol. The molecule has 0 radical (unpaired) electrons. The molecule has 116 valence electrons. The van der Waals surface area contributed by atoms with Crippen molar-refractivity contribution in [1.82, 2.24) is 15.0 Å². The molecule has 0 spiro atoms. The summed E-state index contributed by atoms with van der Waals surface area (Å²) in [5.74, 6) is 0.548. The second-order valence-electron chi connectivity index (χ2n) is 4.83. The van der Waals surface area contributed by atoms with Crippen LogP contribution in [-0.2, 0) is 27.4 Å². The Bertz CT molecular complexity index is 344. The lowest BCUT2D eigenvalue weighted by atomic mass is 10.2. The maximum absolute atomic E-state index is 8.50. The van der Waals surface area contributed by atoms with Gasteiger partial charge in [-0.2, -0.15) is 0 Å². The molecule has 0 fully saturated rings. The number of ether oxygens (including phenoxy) is 3. The summed E-state index contributed by atoms with van der Waals surface area (Å²) in [5, 5.41) is 16.6. The van der Waals surface area contributed by atoms with Gasteiger partial charge in [0.05, 0.1) is 52.4 Å². The van der Waals surface area contributed by atoms with Crippen LogP contribution in [-0.4, -0.2) is 59.7 Å². The van der Waals surface area contributed by atoms with Crippen LogP contribution in [0.3, 0.4) is 0 Å². The molecule has 7 nitrogen and oxygen atoms in total. The highest BCUT2D eigenvalue weighted by Crippen LogP contribution is 2.00. The van der Waals surface area contributed by atoms with Gasteiger partial charge >= 0.3 is 0 Å². The van der Waals surface area contributed by atoms with Gasteiger partial charge in [-0.1, -0.05) is 19.1 Å². The highest BCUT2D eigenvalue weighted by molar-refractivity contribution is 4.89. The van der Waals surface area contributed by atoms with Gasteiger partial charge in [-0.05, 0) is 5.92 Å². The van der Waals surface area contributed by atoms with Gasteiger partial charge in [-0.15, -0.1) is 5.10 Å². The number of hydrogen-bond donors (Lipinski definition) is 1. The number of hydrogen-bond acceptors (Lipinski definition) is 6. The van der Waals surface area contributed by atoms with Crippen molar-refractivity contribution in [1.29, 1.82) is 0 Å². The largest absolute Gasteiger partial charge is 0.394 e. The fraction of sp³-hybridized carbons (Fsp3) is 0.846. The van der Waals surface area contributed by atoms with Gasteiger partial charge < -0.3 is 19.3 Å². The predicted molar refractivity (Wildman–Crippen MR) is 73.2 cm³/mol. The maximum Gasteiger partial charge on any atom is 0.108 e. The lowest BCUT2D eigenvalue weighted by Crippen LogP contribution is -2.10. The first-order valence-electron chi connectivity index (χ1n) is 6.95. The van der Waals surface area contributed by atoms with Crippen molar-refractivity contribution in [3.8, 4) is 0 Å². The quantitative estimate of drug-likeness (QED) is 0.563. The first kappa shape index (κ1) is 17.0. The van der Waals surface area contributed by atoms with Gasteiger partial charge in [0.2, 0.25) is 0 Å². The van der Waals surface area contributed by atoms with E-state index in [0.29, 0.717) is 45.6 Å². The highest BCUT2D eigenvalue weighted by Gasteiger charge is 2.02. The van der Waals surface area contributed by atoms with E-state index in [0.717, 1.165) is 12.2 Å². The summed E-state index contributed by atoms with van der Waals surface area (Å²) in [4.78, 5) is 0. The number of rotatable bonds is 12. The van der Waals surface area contributed by atoms with Crippen LogP contribution in [0.25, 0.3) is 0 Å². The average molecular weight is 287 g/mol. The Morgan fingerprint density at radius 1 is 1.10 bits per heavy atom. The third kappa shape index (κ3) is 8.21. The summed E-state index contributed by atoms with van der Waals surface area (Å²) in [5.41, 5.74) is 0.830. The van der Waals surface area contributed by atoms with Crippen molar-refractivity contribution in [2.75, 3.05) is 39.6 Å². The van der Waals surface area contributed by atoms with Crippen LogP contribution in [0.4, 0.5) is 0 Å². The first-order chi connectivity index (χ1) is 9.72. The summed E-state index contributed by atoms with van der Waals surface area (Å²) in [7, 11) is 0. The van der Waals surface area contributed by atoms with Crippen LogP contribution < -0.4 is 0 Å². The Morgan fingerprint density at radius 2 is 1.75 bits per heavy atom. The lowest BCUT2D eigenvalue weighted by molar-refractivity contribution is 0.00403. The summed E-state index contributed by atoms with van der Waals surface area (Å²) in [6.07, 6.45) is 1.91. The van der Waals surface area contributed by atoms with Crippen molar-refractivity contribution < 1.29 is 19.3 Å². The molecule has 0 atom stereocenters. The topological polar surface area (TPSA) is 78.6 Å². The number of aromatic nitrogens is 3. The number of aliphatic hydroxyl groups is 1. The Kier molecular flexibility index (Phi) is 9.14. The highest BCUT2D eigenvalue weighted by atomic mass is 16.5. The fourth-order valence-electron chi connectivity index (χ4n) is 1.55. The van der Waals surface area contributed by atoms with Gasteiger partial charge in [-0.3, -0.25) is 4.68 Å². The van der Waals surface area contributed by atoms with Crippen LogP contribution in [0.15, 0.2) is 6.20 Å². The number of nitrogens with zero attached hydrogens (tertiary/aromatic N) is 3. The fourth-order valence-corrected chi connectivity index (χ4v) is 1.55. The SMILES string of the molecule is CC(C)Cn1cc(COCCOCCOCCO)nn1. The third-order valence-electron chi connectivity index (χ3n) is 2.37. The molecule has 20 heavy (non-hydrogen) atoms. The molecule has 1 rings (SSSR count). The molecule has 0 bridgehead atoms. The third-order valence-corrected chi connectivity index (χ3v) is 2.37. The molecule has 0 unspecified atom stereocenters. The van der Waals surface area contributed by atoms with Gasteiger partial charge in [0.25, 0.3) is 0 Å². The van der Waals surface area contributed by atoms with E-state index in [1.54, 1.807) is 0 Å². The smallest absolute Gasteiger partial charge is 0.108 e. The Labute approximate surface area is 119 Å². The van der Waals surface area contributed by atoms with E-state index in [2.05, 4.69) is 24.2 Å². The van der Waals surface area contributed by atoms with Crippen LogP contribution >= 0.6 is 0 Å². The van der Waals surface area contributed by atoms with Crippen LogP contribution in [0, 0.1) is 5.92 Å². The van der Waals surface area contributed by atoms with Crippen molar-refractivity contribution >= 4 is 0 Å². The molecular formula is C13H25N3O4. The molecule has 0 aliphatic rings. The Balaban J connectivity index is 1.97. The molecule has 0 aromatic carbocycles. The molecule has 1 N–H and O–H groups in total. The van der Waals surface area contributed by atoms with E-state index < -0.39 is 0 Å². The van der Waals surface area contributed by atoms with E-state index in [9.17, 15) is 0 Å². The van der Waals surface area contributed by atoms with Crippen LogP contribution in [0.2, 0.25) is 0 Å². The summed E-state index contributed by atoms with van der Waals surface area (Å²) in [6, 6.07) is 0.